The van der Waals surface area contributed by atoms with Gasteiger partial charge in [-0.1, -0.05) is 15.9 Å². The molecule has 0 saturated heterocycles. The second-order valence-corrected chi connectivity index (χ2v) is 6.15. The molecule has 0 saturated carbocycles. The fourth-order valence-corrected chi connectivity index (χ4v) is 2.92. The Kier molecular flexibility index (Phi) is 4.85. The first-order valence-corrected chi connectivity index (χ1v) is 8.14. The van der Waals surface area contributed by atoms with Gasteiger partial charge in [-0.15, -0.1) is 0 Å². The zero-order chi connectivity index (χ0) is 17.1. The summed E-state index contributed by atoms with van der Waals surface area (Å²) in [7, 11) is 4.80. The normalized spacial score (nSPS) is 10.7. The van der Waals surface area contributed by atoms with Crippen molar-refractivity contribution in [2.45, 2.75) is 6.42 Å². The Hall–Kier alpha value is -2.34. The van der Waals surface area contributed by atoms with Gasteiger partial charge in [0, 0.05) is 34.0 Å². The third kappa shape index (κ3) is 3.43. The number of methoxy groups -OCH3 is 3. The lowest BCUT2D eigenvalue weighted by Crippen LogP contribution is -2.00. The largest absolute Gasteiger partial charge is 0.481 e. The van der Waals surface area contributed by atoms with Crippen molar-refractivity contribution in [2.75, 3.05) is 21.3 Å². The summed E-state index contributed by atoms with van der Waals surface area (Å²) in [5, 5.41) is 1.05. The molecule has 0 bridgehead atoms. The number of nitrogens with zero attached hydrogens (tertiary/aromatic N) is 2. The van der Waals surface area contributed by atoms with Crippen LogP contribution in [0.1, 0.15) is 11.1 Å². The summed E-state index contributed by atoms with van der Waals surface area (Å²) in [6.45, 7) is 0. The van der Waals surface area contributed by atoms with Gasteiger partial charge in [-0.2, -0.15) is 4.98 Å². The summed E-state index contributed by atoms with van der Waals surface area (Å²) < 4.78 is 16.9. The zero-order valence-corrected chi connectivity index (χ0v) is 15.3. The summed E-state index contributed by atoms with van der Waals surface area (Å²) in [6.07, 6.45) is 0.633. The molecular formula is C18H17BrN2O3. The molecule has 3 rings (SSSR count). The molecular weight excluding hydrogens is 372 g/mol. The molecule has 0 fully saturated rings. The minimum atomic E-state index is 0.514. The summed E-state index contributed by atoms with van der Waals surface area (Å²) in [4.78, 5) is 8.81. The lowest BCUT2D eigenvalue weighted by Gasteiger charge is -2.11. The summed E-state index contributed by atoms with van der Waals surface area (Å²) in [5.74, 6) is 1.64. The van der Waals surface area contributed by atoms with Crippen LogP contribution in [0.15, 0.2) is 40.9 Å². The molecule has 24 heavy (non-hydrogen) atoms. The van der Waals surface area contributed by atoms with E-state index >= 15 is 0 Å². The Labute approximate surface area is 148 Å². The highest BCUT2D eigenvalue weighted by atomic mass is 79.9. The number of rotatable bonds is 5. The van der Waals surface area contributed by atoms with Crippen LogP contribution in [0.25, 0.3) is 10.9 Å². The van der Waals surface area contributed by atoms with Crippen LogP contribution in [-0.2, 0) is 6.42 Å². The number of benzene rings is 1. The van der Waals surface area contributed by atoms with E-state index in [0.717, 1.165) is 26.5 Å². The van der Waals surface area contributed by atoms with Crippen LogP contribution in [0.2, 0.25) is 0 Å². The van der Waals surface area contributed by atoms with Crippen molar-refractivity contribution in [3.63, 3.8) is 0 Å². The first kappa shape index (κ1) is 16.5. The molecule has 124 valence electrons. The van der Waals surface area contributed by atoms with Gasteiger partial charge in [0.1, 0.15) is 0 Å². The summed E-state index contributed by atoms with van der Waals surface area (Å²) in [5.41, 5.74) is 2.88. The van der Waals surface area contributed by atoms with E-state index in [2.05, 4.69) is 32.0 Å². The van der Waals surface area contributed by atoms with E-state index in [1.165, 1.54) is 0 Å². The SMILES string of the molecule is COc1cc(Cc2cc3cc(Br)ccc3nc2OC)cc(OC)n1. The number of fused-ring (bicyclic) bond motifs is 1. The Balaban J connectivity index is 2.05. The van der Waals surface area contributed by atoms with E-state index < -0.39 is 0 Å². The second-order valence-electron chi connectivity index (χ2n) is 5.23. The second kappa shape index (κ2) is 7.05. The average molecular weight is 389 g/mol. The van der Waals surface area contributed by atoms with Crippen molar-refractivity contribution >= 4 is 26.8 Å². The lowest BCUT2D eigenvalue weighted by molar-refractivity contribution is 0.363. The van der Waals surface area contributed by atoms with Crippen LogP contribution in [0.5, 0.6) is 17.6 Å². The van der Waals surface area contributed by atoms with Gasteiger partial charge in [-0.05, 0) is 29.8 Å². The van der Waals surface area contributed by atoms with Gasteiger partial charge < -0.3 is 14.2 Å². The lowest BCUT2D eigenvalue weighted by atomic mass is 10.0. The third-order valence-corrected chi connectivity index (χ3v) is 4.15. The van der Waals surface area contributed by atoms with Gasteiger partial charge in [0.2, 0.25) is 17.6 Å². The monoisotopic (exact) mass is 388 g/mol. The fraction of sp³-hybridized carbons (Fsp3) is 0.222. The van der Waals surface area contributed by atoms with Crippen molar-refractivity contribution in [1.82, 2.24) is 9.97 Å². The molecule has 2 aromatic heterocycles. The van der Waals surface area contributed by atoms with Gasteiger partial charge in [0.05, 0.1) is 26.8 Å². The molecule has 0 aliphatic carbocycles. The standard InChI is InChI=1S/C18H17BrN2O3/c1-22-16-7-11(8-17(21-16)23-2)6-13-9-12-10-14(19)4-5-15(12)20-18(13)24-3/h4-5,7-10H,6H2,1-3H3. The van der Waals surface area contributed by atoms with Crippen LogP contribution < -0.4 is 14.2 Å². The van der Waals surface area contributed by atoms with E-state index in [4.69, 9.17) is 14.2 Å². The smallest absolute Gasteiger partial charge is 0.217 e. The van der Waals surface area contributed by atoms with Gasteiger partial charge in [-0.3, -0.25) is 0 Å². The van der Waals surface area contributed by atoms with Crippen molar-refractivity contribution in [3.05, 3.63) is 52.0 Å². The summed E-state index contributed by atoms with van der Waals surface area (Å²) in [6, 6.07) is 11.8. The van der Waals surface area contributed by atoms with Crippen molar-refractivity contribution in [3.8, 4) is 17.6 Å². The molecule has 3 aromatic rings. The van der Waals surface area contributed by atoms with Gasteiger partial charge in [0.15, 0.2) is 0 Å². The molecule has 0 aliphatic heterocycles. The minimum absolute atomic E-state index is 0.514. The maximum atomic E-state index is 5.47. The Bertz CT molecular complexity index is 861. The molecule has 0 unspecified atom stereocenters. The highest BCUT2D eigenvalue weighted by Gasteiger charge is 2.11. The number of halogens is 1. The molecule has 2 heterocycles. The maximum absolute atomic E-state index is 5.47. The van der Waals surface area contributed by atoms with Crippen LogP contribution in [-0.4, -0.2) is 31.3 Å². The molecule has 0 spiro atoms. The number of pyridine rings is 2. The number of aromatic nitrogens is 2. The van der Waals surface area contributed by atoms with Crippen molar-refractivity contribution in [2.24, 2.45) is 0 Å². The topological polar surface area (TPSA) is 53.5 Å². The van der Waals surface area contributed by atoms with Gasteiger partial charge >= 0.3 is 0 Å². The van der Waals surface area contributed by atoms with Crippen LogP contribution in [0, 0.1) is 0 Å². The van der Waals surface area contributed by atoms with E-state index in [1.807, 2.05) is 30.3 Å². The first-order valence-electron chi connectivity index (χ1n) is 7.35. The van der Waals surface area contributed by atoms with Crippen molar-refractivity contribution < 1.29 is 14.2 Å². The predicted molar refractivity (Wildman–Crippen MR) is 96.1 cm³/mol. The van der Waals surface area contributed by atoms with E-state index in [0.29, 0.717) is 24.1 Å². The predicted octanol–water partition coefficient (Wildman–Crippen LogP) is 4.01. The third-order valence-electron chi connectivity index (χ3n) is 3.66. The number of hydrogen-bond donors (Lipinski definition) is 0. The van der Waals surface area contributed by atoms with Gasteiger partial charge in [-0.25, -0.2) is 4.98 Å². The molecule has 0 radical (unpaired) electrons. The molecule has 0 N–H and O–H groups in total. The van der Waals surface area contributed by atoms with Crippen LogP contribution in [0.4, 0.5) is 0 Å². The van der Waals surface area contributed by atoms with E-state index in [-0.39, 0.29) is 0 Å². The molecule has 0 aliphatic rings. The molecule has 6 heteroatoms. The zero-order valence-electron chi connectivity index (χ0n) is 13.7. The summed E-state index contributed by atoms with van der Waals surface area (Å²) >= 11 is 3.50. The molecule has 5 nitrogen and oxygen atoms in total. The number of hydrogen-bond acceptors (Lipinski definition) is 5. The van der Waals surface area contributed by atoms with Crippen LogP contribution in [0.3, 0.4) is 0 Å². The van der Waals surface area contributed by atoms with E-state index in [9.17, 15) is 0 Å². The highest BCUT2D eigenvalue weighted by Crippen LogP contribution is 2.28. The Morgan fingerprint density at radius 2 is 1.58 bits per heavy atom. The minimum Gasteiger partial charge on any atom is -0.481 e. The van der Waals surface area contributed by atoms with Gasteiger partial charge in [0.25, 0.3) is 0 Å². The van der Waals surface area contributed by atoms with Crippen molar-refractivity contribution in [1.29, 1.82) is 0 Å². The van der Waals surface area contributed by atoms with Crippen LogP contribution >= 0.6 is 15.9 Å². The molecule has 0 amide bonds. The quantitative estimate of drug-likeness (QED) is 0.660. The Morgan fingerprint density at radius 3 is 2.21 bits per heavy atom. The first-order chi connectivity index (χ1) is 11.6. The molecule has 1 aromatic carbocycles. The fourth-order valence-electron chi connectivity index (χ4n) is 2.54. The maximum Gasteiger partial charge on any atom is 0.217 e. The molecule has 0 atom stereocenters. The Morgan fingerprint density at radius 1 is 0.875 bits per heavy atom. The average Bonchev–Trinajstić information content (AvgIpc) is 2.60. The van der Waals surface area contributed by atoms with E-state index in [1.54, 1.807) is 21.3 Å². The number of ether oxygens (including phenoxy) is 3. The highest BCUT2D eigenvalue weighted by molar-refractivity contribution is 9.10.